The van der Waals surface area contributed by atoms with E-state index in [2.05, 4.69) is 5.32 Å². The monoisotopic (exact) mass is 312 g/mol. The maximum absolute atomic E-state index is 13.5. The predicted molar refractivity (Wildman–Crippen MR) is 76.7 cm³/mol. The smallest absolute Gasteiger partial charge is 0.272 e. The van der Waals surface area contributed by atoms with E-state index in [4.69, 9.17) is 11.6 Å². The Morgan fingerprint density at radius 2 is 1.95 bits per heavy atom. The van der Waals surface area contributed by atoms with Crippen LogP contribution in [0, 0.1) is 21.7 Å². The van der Waals surface area contributed by atoms with Crippen LogP contribution in [0.5, 0.6) is 0 Å². The van der Waals surface area contributed by atoms with Crippen molar-refractivity contribution in [2.24, 2.45) is 0 Å². The molecule has 0 atom stereocenters. The minimum absolute atomic E-state index is 0.00461. The van der Waals surface area contributed by atoms with Crippen molar-refractivity contribution in [3.05, 3.63) is 68.7 Å². The molecule has 0 amide bonds. The number of nitrogens with zero attached hydrogens (tertiary/aromatic N) is 1. The highest BCUT2D eigenvalue weighted by Gasteiger charge is 2.13. The molecule has 1 N–H and O–H groups in total. The van der Waals surface area contributed by atoms with Gasteiger partial charge in [0.1, 0.15) is 5.82 Å². The van der Waals surface area contributed by atoms with Crippen LogP contribution in [-0.2, 0) is 6.42 Å². The van der Waals surface area contributed by atoms with Crippen molar-refractivity contribution in [1.29, 1.82) is 0 Å². The van der Waals surface area contributed by atoms with Gasteiger partial charge in [-0.1, -0.05) is 29.8 Å². The van der Waals surface area contributed by atoms with Gasteiger partial charge in [0, 0.05) is 24.2 Å². The summed E-state index contributed by atoms with van der Waals surface area (Å²) in [5.74, 6) is -1.57. The van der Waals surface area contributed by atoms with Crippen molar-refractivity contribution in [2.75, 3.05) is 11.9 Å². The molecule has 0 bridgehead atoms. The maximum atomic E-state index is 13.5. The van der Waals surface area contributed by atoms with Crippen LogP contribution in [0.1, 0.15) is 5.56 Å². The Balaban J connectivity index is 2.08. The molecule has 0 aliphatic heterocycles. The van der Waals surface area contributed by atoms with E-state index in [1.165, 1.54) is 6.07 Å². The second-order valence-electron chi connectivity index (χ2n) is 4.31. The van der Waals surface area contributed by atoms with E-state index in [1.807, 2.05) is 0 Å². The first-order chi connectivity index (χ1) is 9.99. The number of nitro groups is 1. The van der Waals surface area contributed by atoms with Crippen molar-refractivity contribution in [2.45, 2.75) is 6.42 Å². The van der Waals surface area contributed by atoms with Gasteiger partial charge in [0.25, 0.3) is 5.69 Å². The molecule has 2 rings (SSSR count). The quantitative estimate of drug-likeness (QED) is 0.665. The number of anilines is 1. The summed E-state index contributed by atoms with van der Waals surface area (Å²) in [5.41, 5.74) is 0.510. The van der Waals surface area contributed by atoms with E-state index in [0.717, 1.165) is 12.1 Å². The molecule has 0 fully saturated rings. The average Bonchev–Trinajstić information content (AvgIpc) is 2.42. The number of benzene rings is 2. The van der Waals surface area contributed by atoms with Gasteiger partial charge in [0.15, 0.2) is 5.82 Å². The molecule has 0 saturated carbocycles. The first kappa shape index (κ1) is 15.2. The van der Waals surface area contributed by atoms with Crippen LogP contribution >= 0.6 is 11.6 Å². The molecule has 0 spiro atoms. The molecule has 4 nitrogen and oxygen atoms in total. The fourth-order valence-electron chi connectivity index (χ4n) is 1.93. The van der Waals surface area contributed by atoms with Crippen molar-refractivity contribution < 1.29 is 13.7 Å². The Kier molecular flexibility index (Phi) is 4.70. The number of nitro benzene ring substituents is 1. The van der Waals surface area contributed by atoms with Gasteiger partial charge >= 0.3 is 0 Å². The average molecular weight is 313 g/mol. The molecular weight excluding hydrogens is 302 g/mol. The first-order valence-corrected chi connectivity index (χ1v) is 6.47. The summed E-state index contributed by atoms with van der Waals surface area (Å²) in [7, 11) is 0. The minimum Gasteiger partial charge on any atom is -0.381 e. The Hall–Kier alpha value is -2.21. The van der Waals surface area contributed by atoms with Gasteiger partial charge in [-0.25, -0.2) is 8.78 Å². The van der Waals surface area contributed by atoms with E-state index in [0.29, 0.717) is 12.0 Å². The van der Waals surface area contributed by atoms with Crippen LogP contribution in [0.15, 0.2) is 36.4 Å². The van der Waals surface area contributed by atoms with Crippen molar-refractivity contribution in [3.8, 4) is 0 Å². The Bertz CT molecular complexity index is 657. The van der Waals surface area contributed by atoms with Gasteiger partial charge in [-0.2, -0.15) is 0 Å². The molecule has 0 saturated heterocycles. The van der Waals surface area contributed by atoms with E-state index in [9.17, 15) is 18.9 Å². The molecule has 0 aromatic heterocycles. The van der Waals surface area contributed by atoms with E-state index in [-0.39, 0.29) is 22.9 Å². The highest BCUT2D eigenvalue weighted by atomic mass is 35.5. The summed E-state index contributed by atoms with van der Waals surface area (Å²) < 4.78 is 26.5. The van der Waals surface area contributed by atoms with Gasteiger partial charge in [0.2, 0.25) is 0 Å². The fraction of sp³-hybridized carbons (Fsp3) is 0.143. The van der Waals surface area contributed by atoms with E-state index < -0.39 is 16.6 Å². The number of halogens is 3. The number of para-hydroxylation sites is 1. The number of rotatable bonds is 5. The van der Waals surface area contributed by atoms with Crippen LogP contribution < -0.4 is 5.32 Å². The summed E-state index contributed by atoms with van der Waals surface area (Å²) >= 11 is 5.75. The fourth-order valence-corrected chi connectivity index (χ4v) is 2.19. The van der Waals surface area contributed by atoms with Crippen LogP contribution in [0.25, 0.3) is 0 Å². The van der Waals surface area contributed by atoms with Gasteiger partial charge in [-0.05, 0) is 12.5 Å². The van der Waals surface area contributed by atoms with Gasteiger partial charge in [-0.15, -0.1) is 0 Å². The lowest BCUT2D eigenvalue weighted by Crippen LogP contribution is -2.08. The summed E-state index contributed by atoms with van der Waals surface area (Å²) in [5, 5.41) is 13.5. The van der Waals surface area contributed by atoms with Crippen molar-refractivity contribution in [1.82, 2.24) is 0 Å². The maximum Gasteiger partial charge on any atom is 0.272 e. The second kappa shape index (κ2) is 6.49. The molecule has 2 aromatic carbocycles. The van der Waals surface area contributed by atoms with Gasteiger partial charge in [0.05, 0.1) is 15.6 Å². The lowest BCUT2D eigenvalue weighted by atomic mass is 10.1. The molecule has 110 valence electrons. The molecule has 0 aliphatic rings. The zero-order valence-electron chi connectivity index (χ0n) is 10.8. The molecule has 2 aromatic rings. The van der Waals surface area contributed by atoms with Crippen LogP contribution in [0.4, 0.5) is 20.2 Å². The molecular formula is C14H11ClF2N2O2. The SMILES string of the molecule is O=[N+]([O-])c1ccccc1CCNc1c(F)cc(F)cc1Cl. The normalized spacial score (nSPS) is 10.4. The molecule has 0 unspecified atom stereocenters. The zero-order valence-corrected chi connectivity index (χ0v) is 11.5. The Morgan fingerprint density at radius 1 is 1.24 bits per heavy atom. The first-order valence-electron chi connectivity index (χ1n) is 6.09. The largest absolute Gasteiger partial charge is 0.381 e. The van der Waals surface area contributed by atoms with Crippen molar-refractivity contribution >= 4 is 23.0 Å². The number of nitrogens with one attached hydrogen (secondary N) is 1. The summed E-state index contributed by atoms with van der Waals surface area (Å²) in [6.45, 7) is 0.229. The predicted octanol–water partition coefficient (Wildman–Crippen LogP) is 4.18. The van der Waals surface area contributed by atoms with Gasteiger partial charge in [-0.3, -0.25) is 10.1 Å². The highest BCUT2D eigenvalue weighted by molar-refractivity contribution is 6.33. The third-order valence-electron chi connectivity index (χ3n) is 2.89. The lowest BCUT2D eigenvalue weighted by molar-refractivity contribution is -0.385. The topological polar surface area (TPSA) is 55.2 Å². The number of hydrogen-bond donors (Lipinski definition) is 1. The molecule has 0 radical (unpaired) electrons. The third kappa shape index (κ3) is 3.66. The van der Waals surface area contributed by atoms with Crippen LogP contribution in [0.2, 0.25) is 5.02 Å². The highest BCUT2D eigenvalue weighted by Crippen LogP contribution is 2.26. The second-order valence-corrected chi connectivity index (χ2v) is 4.71. The zero-order chi connectivity index (χ0) is 15.4. The number of hydrogen-bond acceptors (Lipinski definition) is 3. The van der Waals surface area contributed by atoms with Gasteiger partial charge < -0.3 is 5.32 Å². The summed E-state index contributed by atoms with van der Waals surface area (Å²) in [6, 6.07) is 8.01. The Labute approximate surface area is 124 Å². The molecule has 21 heavy (non-hydrogen) atoms. The van der Waals surface area contributed by atoms with Crippen molar-refractivity contribution in [3.63, 3.8) is 0 Å². The summed E-state index contributed by atoms with van der Waals surface area (Å²) in [4.78, 5) is 10.4. The molecule has 0 heterocycles. The third-order valence-corrected chi connectivity index (χ3v) is 3.19. The van der Waals surface area contributed by atoms with E-state index in [1.54, 1.807) is 18.2 Å². The van der Waals surface area contributed by atoms with E-state index >= 15 is 0 Å². The molecule has 0 aliphatic carbocycles. The van der Waals surface area contributed by atoms with Crippen LogP contribution in [-0.4, -0.2) is 11.5 Å². The summed E-state index contributed by atoms with van der Waals surface area (Å²) in [6.07, 6.45) is 0.310. The standard InChI is InChI=1S/C14H11ClF2N2O2/c15-11-7-10(16)8-12(17)14(11)18-6-5-9-3-1-2-4-13(9)19(20)21/h1-4,7-8,18H,5-6H2. The minimum atomic E-state index is -0.803. The molecule has 7 heteroatoms. The lowest BCUT2D eigenvalue weighted by Gasteiger charge is -2.10. The Morgan fingerprint density at radius 3 is 2.62 bits per heavy atom. The van der Waals surface area contributed by atoms with Crippen LogP contribution in [0.3, 0.4) is 0 Å².